The van der Waals surface area contributed by atoms with Crippen LogP contribution in [-0.2, 0) is 13.6 Å². The molecule has 0 radical (unpaired) electrons. The molecule has 0 saturated heterocycles. The number of amides is 1. The van der Waals surface area contributed by atoms with Crippen molar-refractivity contribution in [3.05, 3.63) is 94.7 Å². The molecule has 4 aromatic rings. The lowest BCUT2D eigenvalue weighted by molar-refractivity contribution is 0.0950. The number of benzene rings is 2. The molecule has 2 heterocycles. The number of nitrogens with one attached hydrogen (secondary N) is 1. The quantitative estimate of drug-likeness (QED) is 0.432. The number of rotatable bonds is 6. The third kappa shape index (κ3) is 5.12. The fourth-order valence-corrected chi connectivity index (χ4v) is 3.31. The molecule has 0 saturated carbocycles. The monoisotopic (exact) mass is 450 g/mol. The first-order chi connectivity index (χ1) is 15.4. The van der Waals surface area contributed by atoms with Crippen LogP contribution in [0.4, 0.5) is 4.39 Å². The van der Waals surface area contributed by atoms with E-state index in [1.54, 1.807) is 41.3 Å². The Balaban J connectivity index is 1.49. The van der Waals surface area contributed by atoms with Crippen LogP contribution in [0.3, 0.4) is 0 Å². The second-order valence-corrected chi connectivity index (χ2v) is 7.75. The minimum Gasteiger partial charge on any atom is -0.457 e. The van der Waals surface area contributed by atoms with Crippen LogP contribution in [0.5, 0.6) is 11.5 Å². The molecule has 0 bridgehead atoms. The van der Waals surface area contributed by atoms with Crippen molar-refractivity contribution in [2.75, 3.05) is 0 Å². The predicted octanol–water partition coefficient (Wildman–Crippen LogP) is 5.31. The van der Waals surface area contributed by atoms with Gasteiger partial charge in [0.2, 0.25) is 0 Å². The number of aryl methyl sites for hydroxylation is 2. The molecule has 8 heteroatoms. The Labute approximate surface area is 189 Å². The van der Waals surface area contributed by atoms with Crippen molar-refractivity contribution in [3.63, 3.8) is 0 Å². The number of hydrogen-bond donors (Lipinski definition) is 1. The molecule has 0 unspecified atom stereocenters. The van der Waals surface area contributed by atoms with Crippen molar-refractivity contribution in [2.24, 2.45) is 7.05 Å². The second-order valence-electron chi connectivity index (χ2n) is 7.35. The van der Waals surface area contributed by atoms with Crippen LogP contribution in [0.2, 0.25) is 5.02 Å². The van der Waals surface area contributed by atoms with E-state index in [-0.39, 0.29) is 17.5 Å². The normalized spacial score (nSPS) is 10.8. The van der Waals surface area contributed by atoms with Crippen molar-refractivity contribution in [1.29, 1.82) is 0 Å². The number of halogens is 2. The lowest BCUT2D eigenvalue weighted by Crippen LogP contribution is -2.23. The molecule has 0 spiro atoms. The first kappa shape index (κ1) is 21.5. The number of carbonyl (C=O) groups excluding carboxylic acids is 1. The maximum atomic E-state index is 13.6. The first-order valence-electron chi connectivity index (χ1n) is 9.84. The molecule has 6 nitrogen and oxygen atoms in total. The van der Waals surface area contributed by atoms with Gasteiger partial charge in [-0.15, -0.1) is 0 Å². The highest BCUT2D eigenvalue weighted by Crippen LogP contribution is 2.27. The van der Waals surface area contributed by atoms with Crippen LogP contribution in [0.15, 0.2) is 67.1 Å². The highest BCUT2D eigenvalue weighted by Gasteiger charge is 2.11. The third-order valence-electron chi connectivity index (χ3n) is 4.72. The Bertz CT molecular complexity index is 1290. The number of nitrogens with zero attached hydrogens (tertiary/aromatic N) is 3. The molecule has 2 aromatic heterocycles. The number of hydrogen-bond acceptors (Lipinski definition) is 4. The van der Waals surface area contributed by atoms with Gasteiger partial charge in [0, 0.05) is 43.2 Å². The molecular weight excluding hydrogens is 431 g/mol. The number of carbonyl (C=O) groups is 1. The van der Waals surface area contributed by atoms with Gasteiger partial charge >= 0.3 is 0 Å². The van der Waals surface area contributed by atoms with Crippen molar-refractivity contribution in [2.45, 2.75) is 13.5 Å². The van der Waals surface area contributed by atoms with Crippen molar-refractivity contribution in [3.8, 4) is 22.8 Å². The molecular formula is C24H20ClFN4O2. The van der Waals surface area contributed by atoms with Gasteiger partial charge in [0.1, 0.15) is 17.3 Å². The maximum absolute atomic E-state index is 13.6. The van der Waals surface area contributed by atoms with Crippen molar-refractivity contribution >= 4 is 17.5 Å². The molecule has 0 fully saturated rings. The molecule has 1 N–H and O–H groups in total. The van der Waals surface area contributed by atoms with E-state index in [0.717, 1.165) is 16.8 Å². The predicted molar refractivity (Wildman–Crippen MR) is 120 cm³/mol. The molecule has 4 rings (SSSR count). The van der Waals surface area contributed by atoms with E-state index in [2.05, 4.69) is 15.4 Å². The summed E-state index contributed by atoms with van der Waals surface area (Å²) >= 11 is 5.70. The van der Waals surface area contributed by atoms with Gasteiger partial charge in [-0.3, -0.25) is 14.5 Å². The Kier molecular flexibility index (Phi) is 6.18. The summed E-state index contributed by atoms with van der Waals surface area (Å²) in [6.07, 6.45) is 5.26. The minimum absolute atomic E-state index is 0.0448. The average Bonchev–Trinajstić information content (AvgIpc) is 3.20. The minimum atomic E-state index is -0.521. The van der Waals surface area contributed by atoms with Crippen LogP contribution in [0.25, 0.3) is 11.3 Å². The maximum Gasteiger partial charge on any atom is 0.251 e. The average molecular weight is 451 g/mol. The van der Waals surface area contributed by atoms with E-state index < -0.39 is 5.82 Å². The van der Waals surface area contributed by atoms with Gasteiger partial charge in [-0.2, -0.15) is 5.10 Å². The summed E-state index contributed by atoms with van der Waals surface area (Å²) in [6.45, 7) is 2.06. The SMILES string of the molecule is Cc1cc(Oc2ccnc(-c3cnn(C)c3)c2)cc(C(=O)NCc2ccc(Cl)c(F)c2)c1. The van der Waals surface area contributed by atoms with Gasteiger partial charge in [-0.25, -0.2) is 4.39 Å². The molecule has 1 amide bonds. The fraction of sp³-hybridized carbons (Fsp3) is 0.125. The Hall–Kier alpha value is -3.71. The van der Waals surface area contributed by atoms with Gasteiger partial charge in [0.15, 0.2) is 0 Å². The molecule has 162 valence electrons. The van der Waals surface area contributed by atoms with Gasteiger partial charge in [-0.05, 0) is 54.4 Å². The molecule has 0 aliphatic carbocycles. The zero-order valence-electron chi connectivity index (χ0n) is 17.5. The number of ether oxygens (including phenoxy) is 1. The summed E-state index contributed by atoms with van der Waals surface area (Å²) in [5, 5.41) is 7.00. The number of pyridine rings is 1. The first-order valence-corrected chi connectivity index (χ1v) is 10.2. The van der Waals surface area contributed by atoms with E-state index in [1.165, 1.54) is 12.1 Å². The summed E-state index contributed by atoms with van der Waals surface area (Å²) in [5.41, 5.74) is 3.53. The van der Waals surface area contributed by atoms with Crippen LogP contribution in [0.1, 0.15) is 21.5 Å². The Morgan fingerprint density at radius 2 is 2.00 bits per heavy atom. The number of aromatic nitrogens is 3. The van der Waals surface area contributed by atoms with Crippen LogP contribution < -0.4 is 10.1 Å². The van der Waals surface area contributed by atoms with Crippen LogP contribution in [-0.4, -0.2) is 20.7 Å². The van der Waals surface area contributed by atoms with E-state index >= 15 is 0 Å². The standard InChI is InChI=1S/C24H20ClFN4O2/c1-15-7-17(24(31)28-12-16-3-4-21(25)22(26)9-16)10-20(8-15)32-19-5-6-27-23(11-19)18-13-29-30(2)14-18/h3-11,13-14H,12H2,1-2H3,(H,28,31). The summed E-state index contributed by atoms with van der Waals surface area (Å²) < 4.78 is 21.3. The van der Waals surface area contributed by atoms with Gasteiger partial charge < -0.3 is 10.1 Å². The van der Waals surface area contributed by atoms with Crippen molar-refractivity contribution < 1.29 is 13.9 Å². The van der Waals surface area contributed by atoms with Gasteiger partial charge in [0.05, 0.1) is 16.9 Å². The van der Waals surface area contributed by atoms with Crippen LogP contribution >= 0.6 is 11.6 Å². The Morgan fingerprint density at radius 3 is 2.75 bits per heavy atom. The zero-order valence-corrected chi connectivity index (χ0v) is 18.2. The van der Waals surface area contributed by atoms with E-state index in [9.17, 15) is 9.18 Å². The fourth-order valence-electron chi connectivity index (χ4n) is 3.19. The zero-order chi connectivity index (χ0) is 22.7. The smallest absolute Gasteiger partial charge is 0.251 e. The van der Waals surface area contributed by atoms with Crippen molar-refractivity contribution in [1.82, 2.24) is 20.1 Å². The van der Waals surface area contributed by atoms with Crippen LogP contribution in [0, 0.1) is 12.7 Å². The van der Waals surface area contributed by atoms with E-state index in [4.69, 9.17) is 16.3 Å². The highest BCUT2D eigenvalue weighted by atomic mass is 35.5. The second kappa shape index (κ2) is 9.20. The lowest BCUT2D eigenvalue weighted by atomic mass is 10.1. The summed E-state index contributed by atoms with van der Waals surface area (Å²) in [5.74, 6) is 0.302. The summed E-state index contributed by atoms with van der Waals surface area (Å²) in [4.78, 5) is 17.0. The topological polar surface area (TPSA) is 69.0 Å². The van der Waals surface area contributed by atoms with Gasteiger partial charge in [0.25, 0.3) is 5.91 Å². The van der Waals surface area contributed by atoms with Gasteiger partial charge in [-0.1, -0.05) is 17.7 Å². The molecule has 0 aliphatic heterocycles. The highest BCUT2D eigenvalue weighted by molar-refractivity contribution is 6.30. The largest absolute Gasteiger partial charge is 0.457 e. The Morgan fingerprint density at radius 1 is 1.16 bits per heavy atom. The lowest BCUT2D eigenvalue weighted by Gasteiger charge is -2.11. The summed E-state index contributed by atoms with van der Waals surface area (Å²) in [7, 11) is 1.84. The molecule has 32 heavy (non-hydrogen) atoms. The molecule has 0 atom stereocenters. The summed E-state index contributed by atoms with van der Waals surface area (Å²) in [6, 6.07) is 13.3. The molecule has 2 aromatic carbocycles. The third-order valence-corrected chi connectivity index (χ3v) is 5.02. The van der Waals surface area contributed by atoms with E-state index in [1.807, 2.05) is 32.3 Å². The van der Waals surface area contributed by atoms with E-state index in [0.29, 0.717) is 22.6 Å². The molecule has 0 aliphatic rings.